The van der Waals surface area contributed by atoms with Crippen LogP contribution in [0.3, 0.4) is 0 Å². The summed E-state index contributed by atoms with van der Waals surface area (Å²) in [6.07, 6.45) is 8.39. The standard InChI is InChI=1S/C14H19ClN4/c1-18-9-17-13-12(18)7-8-16-14(13)19(2)11-6-4-3-5-10(11)15/h7-11H,3-6H2,1-2H3. The molecule has 1 aliphatic rings. The van der Waals surface area contributed by atoms with Crippen molar-refractivity contribution in [1.82, 2.24) is 14.5 Å². The van der Waals surface area contributed by atoms with E-state index in [1.54, 1.807) is 0 Å². The molecular weight excluding hydrogens is 260 g/mol. The molecule has 2 unspecified atom stereocenters. The highest BCUT2D eigenvalue weighted by atomic mass is 35.5. The van der Waals surface area contributed by atoms with E-state index in [1.807, 2.05) is 30.2 Å². The molecule has 1 saturated carbocycles. The minimum Gasteiger partial charge on any atom is -0.353 e. The van der Waals surface area contributed by atoms with Gasteiger partial charge in [-0.25, -0.2) is 9.97 Å². The number of anilines is 1. The number of aryl methyl sites for hydroxylation is 1. The first kappa shape index (κ1) is 12.7. The van der Waals surface area contributed by atoms with Crippen LogP contribution >= 0.6 is 11.6 Å². The van der Waals surface area contributed by atoms with Crippen molar-refractivity contribution >= 4 is 28.5 Å². The Bertz CT molecular complexity index is 580. The number of fused-ring (bicyclic) bond motifs is 1. The number of imidazole rings is 1. The predicted octanol–water partition coefficient (Wildman–Crippen LogP) is 2.95. The third-order valence-electron chi connectivity index (χ3n) is 4.10. The van der Waals surface area contributed by atoms with E-state index in [1.165, 1.54) is 12.8 Å². The maximum atomic E-state index is 6.49. The summed E-state index contributed by atoms with van der Waals surface area (Å²) in [5, 5.41) is 0.208. The van der Waals surface area contributed by atoms with Gasteiger partial charge in [0.1, 0.15) is 5.52 Å². The zero-order chi connectivity index (χ0) is 13.4. The number of rotatable bonds is 2. The molecule has 0 aromatic carbocycles. The first-order chi connectivity index (χ1) is 9.18. The number of alkyl halides is 1. The van der Waals surface area contributed by atoms with E-state index >= 15 is 0 Å². The molecule has 0 aliphatic heterocycles. The van der Waals surface area contributed by atoms with Crippen LogP contribution in [0.15, 0.2) is 18.6 Å². The fourth-order valence-corrected chi connectivity index (χ4v) is 3.41. The van der Waals surface area contributed by atoms with Gasteiger partial charge in [-0.3, -0.25) is 0 Å². The van der Waals surface area contributed by atoms with E-state index in [9.17, 15) is 0 Å². The summed E-state index contributed by atoms with van der Waals surface area (Å²) in [4.78, 5) is 11.2. The highest BCUT2D eigenvalue weighted by molar-refractivity contribution is 6.21. The van der Waals surface area contributed by atoms with Crippen LogP contribution < -0.4 is 4.90 Å². The second-order valence-corrected chi connectivity index (χ2v) is 5.90. The number of halogens is 1. The molecule has 0 bridgehead atoms. The molecule has 0 amide bonds. The molecule has 2 aromatic rings. The van der Waals surface area contributed by atoms with Gasteiger partial charge in [0.15, 0.2) is 5.82 Å². The quantitative estimate of drug-likeness (QED) is 0.792. The molecule has 2 heterocycles. The lowest BCUT2D eigenvalue weighted by atomic mass is 9.94. The lowest BCUT2D eigenvalue weighted by Crippen LogP contribution is -2.41. The SMILES string of the molecule is CN(c1nccc2c1ncn2C)C1CCCCC1Cl. The number of pyridine rings is 1. The van der Waals surface area contributed by atoms with Gasteiger partial charge in [0.05, 0.1) is 17.2 Å². The van der Waals surface area contributed by atoms with E-state index in [-0.39, 0.29) is 5.38 Å². The fourth-order valence-electron chi connectivity index (χ4n) is 2.97. The molecular formula is C14H19ClN4. The van der Waals surface area contributed by atoms with Gasteiger partial charge < -0.3 is 9.47 Å². The number of hydrogen-bond donors (Lipinski definition) is 0. The van der Waals surface area contributed by atoms with E-state index < -0.39 is 0 Å². The molecule has 5 heteroatoms. The van der Waals surface area contributed by atoms with Crippen LogP contribution in [0.4, 0.5) is 5.82 Å². The number of aromatic nitrogens is 3. The fraction of sp³-hybridized carbons (Fsp3) is 0.571. The average Bonchev–Trinajstić information content (AvgIpc) is 2.80. The van der Waals surface area contributed by atoms with Crippen LogP contribution in [0.2, 0.25) is 0 Å². The summed E-state index contributed by atoms with van der Waals surface area (Å²) in [7, 11) is 4.09. The molecule has 102 valence electrons. The lowest BCUT2D eigenvalue weighted by molar-refractivity contribution is 0.433. The zero-order valence-corrected chi connectivity index (χ0v) is 12.1. The van der Waals surface area contributed by atoms with Crippen LogP contribution in [0.25, 0.3) is 11.0 Å². The largest absolute Gasteiger partial charge is 0.353 e. The molecule has 2 aromatic heterocycles. The highest BCUT2D eigenvalue weighted by Gasteiger charge is 2.28. The van der Waals surface area contributed by atoms with Crippen LogP contribution in [-0.2, 0) is 7.05 Å². The minimum absolute atomic E-state index is 0.208. The lowest BCUT2D eigenvalue weighted by Gasteiger charge is -2.35. The van der Waals surface area contributed by atoms with Gasteiger partial charge in [-0.15, -0.1) is 11.6 Å². The second kappa shape index (κ2) is 5.00. The minimum atomic E-state index is 0.208. The van der Waals surface area contributed by atoms with Crippen LogP contribution in [0.1, 0.15) is 25.7 Å². The summed E-state index contributed by atoms with van der Waals surface area (Å²) in [5.74, 6) is 0.940. The normalized spacial score (nSPS) is 23.7. The Hall–Kier alpha value is -1.29. The van der Waals surface area contributed by atoms with Crippen molar-refractivity contribution in [3.05, 3.63) is 18.6 Å². The average molecular weight is 279 g/mol. The number of nitrogens with zero attached hydrogens (tertiary/aromatic N) is 4. The predicted molar refractivity (Wildman–Crippen MR) is 78.8 cm³/mol. The van der Waals surface area contributed by atoms with Gasteiger partial charge in [0.25, 0.3) is 0 Å². The van der Waals surface area contributed by atoms with Crippen molar-refractivity contribution in [3.63, 3.8) is 0 Å². The van der Waals surface area contributed by atoms with E-state index in [2.05, 4.69) is 21.9 Å². The van der Waals surface area contributed by atoms with Gasteiger partial charge in [-0.1, -0.05) is 12.8 Å². The third-order valence-corrected chi connectivity index (χ3v) is 4.61. The smallest absolute Gasteiger partial charge is 0.156 e. The Kier molecular flexibility index (Phi) is 3.35. The van der Waals surface area contributed by atoms with Crippen molar-refractivity contribution in [1.29, 1.82) is 0 Å². The Balaban J connectivity index is 1.99. The topological polar surface area (TPSA) is 34.0 Å². The van der Waals surface area contributed by atoms with Crippen LogP contribution in [-0.4, -0.2) is 33.0 Å². The van der Waals surface area contributed by atoms with Crippen molar-refractivity contribution in [2.75, 3.05) is 11.9 Å². The Morgan fingerprint density at radius 3 is 2.89 bits per heavy atom. The molecule has 0 N–H and O–H groups in total. The van der Waals surface area contributed by atoms with Gasteiger partial charge in [0.2, 0.25) is 0 Å². The van der Waals surface area contributed by atoms with Crippen LogP contribution in [0.5, 0.6) is 0 Å². The van der Waals surface area contributed by atoms with Gasteiger partial charge >= 0.3 is 0 Å². The monoisotopic (exact) mass is 278 g/mol. The zero-order valence-electron chi connectivity index (χ0n) is 11.4. The van der Waals surface area contributed by atoms with E-state index in [0.29, 0.717) is 6.04 Å². The van der Waals surface area contributed by atoms with Gasteiger partial charge in [-0.05, 0) is 18.9 Å². The van der Waals surface area contributed by atoms with Crippen molar-refractivity contribution < 1.29 is 0 Å². The van der Waals surface area contributed by atoms with E-state index in [4.69, 9.17) is 11.6 Å². The summed E-state index contributed by atoms with van der Waals surface area (Å²) in [6, 6.07) is 2.36. The first-order valence-electron chi connectivity index (χ1n) is 6.81. The maximum absolute atomic E-state index is 6.49. The van der Waals surface area contributed by atoms with Crippen molar-refractivity contribution in [3.8, 4) is 0 Å². The van der Waals surface area contributed by atoms with Crippen molar-refractivity contribution in [2.24, 2.45) is 7.05 Å². The molecule has 2 atom stereocenters. The molecule has 4 nitrogen and oxygen atoms in total. The molecule has 3 rings (SSSR count). The molecule has 0 radical (unpaired) electrons. The van der Waals surface area contributed by atoms with Crippen molar-refractivity contribution in [2.45, 2.75) is 37.1 Å². The van der Waals surface area contributed by atoms with Crippen LogP contribution in [0, 0.1) is 0 Å². The maximum Gasteiger partial charge on any atom is 0.156 e. The Morgan fingerprint density at radius 2 is 2.11 bits per heavy atom. The molecule has 0 spiro atoms. The molecule has 0 saturated heterocycles. The van der Waals surface area contributed by atoms with Gasteiger partial charge in [0, 0.05) is 26.3 Å². The summed E-state index contributed by atoms with van der Waals surface area (Å²) in [6.45, 7) is 0. The molecule has 19 heavy (non-hydrogen) atoms. The third kappa shape index (κ3) is 2.18. The highest BCUT2D eigenvalue weighted by Crippen LogP contribution is 2.31. The van der Waals surface area contributed by atoms with E-state index in [0.717, 1.165) is 29.7 Å². The molecule has 1 aliphatic carbocycles. The summed E-state index contributed by atoms with van der Waals surface area (Å²) >= 11 is 6.49. The van der Waals surface area contributed by atoms with Gasteiger partial charge in [-0.2, -0.15) is 0 Å². The summed E-state index contributed by atoms with van der Waals surface area (Å²) in [5.41, 5.74) is 2.07. The summed E-state index contributed by atoms with van der Waals surface area (Å²) < 4.78 is 2.02. The second-order valence-electron chi connectivity index (χ2n) is 5.34. The Labute approximate surface area is 118 Å². The molecule has 1 fully saturated rings. The number of hydrogen-bond acceptors (Lipinski definition) is 3. The first-order valence-corrected chi connectivity index (χ1v) is 7.25. The Morgan fingerprint density at radius 1 is 1.32 bits per heavy atom.